The lowest BCUT2D eigenvalue weighted by Crippen LogP contribution is -2.29. The van der Waals surface area contributed by atoms with Gasteiger partial charge in [0.1, 0.15) is 6.33 Å². The lowest BCUT2D eigenvalue weighted by Gasteiger charge is -2.09. The molecule has 1 saturated heterocycles. The first-order valence-electron chi connectivity index (χ1n) is 4.82. The maximum Gasteiger partial charge on any atom is 0.116 e. The number of aromatic nitrogens is 2. The van der Waals surface area contributed by atoms with Crippen LogP contribution in [0, 0.1) is 0 Å². The first-order chi connectivity index (χ1) is 6.97. The van der Waals surface area contributed by atoms with E-state index in [1.807, 2.05) is 30.5 Å². The molecule has 1 aromatic carbocycles. The lowest BCUT2D eigenvalue weighted by molar-refractivity contribution is 0.527. The first-order valence-corrected chi connectivity index (χ1v) is 4.82. The van der Waals surface area contributed by atoms with Crippen LogP contribution in [0.1, 0.15) is 6.42 Å². The van der Waals surface area contributed by atoms with Crippen LogP contribution in [0.3, 0.4) is 0 Å². The zero-order valence-electron chi connectivity index (χ0n) is 7.98. The van der Waals surface area contributed by atoms with E-state index in [2.05, 4.69) is 15.3 Å². The summed E-state index contributed by atoms with van der Waals surface area (Å²) in [6, 6.07) is 7.91. The van der Waals surface area contributed by atoms with Crippen molar-refractivity contribution >= 4 is 10.9 Å². The van der Waals surface area contributed by atoms with Crippen molar-refractivity contribution in [3.05, 3.63) is 36.8 Å². The highest BCUT2D eigenvalue weighted by Gasteiger charge is 1.92. The van der Waals surface area contributed by atoms with E-state index in [4.69, 9.17) is 0 Å². The summed E-state index contributed by atoms with van der Waals surface area (Å²) >= 11 is 0. The molecule has 1 aliphatic heterocycles. The molecule has 2 aromatic rings. The maximum atomic E-state index is 4.07. The summed E-state index contributed by atoms with van der Waals surface area (Å²) < 4.78 is 0. The van der Waals surface area contributed by atoms with E-state index >= 15 is 0 Å². The second kappa shape index (κ2) is 4.67. The van der Waals surface area contributed by atoms with Crippen LogP contribution in [-0.2, 0) is 0 Å². The van der Waals surface area contributed by atoms with E-state index in [-0.39, 0.29) is 0 Å². The minimum atomic E-state index is 0.998. The van der Waals surface area contributed by atoms with Crippen LogP contribution >= 0.6 is 0 Å². The topological polar surface area (TPSA) is 37.8 Å². The first kappa shape index (κ1) is 9.09. The summed E-state index contributed by atoms with van der Waals surface area (Å²) in [4.78, 5) is 7.97. The molecule has 0 spiro atoms. The molecule has 3 rings (SSSR count). The van der Waals surface area contributed by atoms with Gasteiger partial charge < -0.3 is 5.32 Å². The summed E-state index contributed by atoms with van der Waals surface area (Å²) in [6.07, 6.45) is 4.75. The lowest BCUT2D eigenvalue weighted by atomic mass is 10.2. The predicted octanol–water partition coefficient (Wildman–Crippen LogP) is 1.61. The molecule has 0 atom stereocenters. The molecule has 0 radical (unpaired) electrons. The van der Waals surface area contributed by atoms with Gasteiger partial charge in [-0.15, -0.1) is 0 Å². The Morgan fingerprint density at radius 3 is 2.50 bits per heavy atom. The quantitative estimate of drug-likeness (QED) is 0.681. The van der Waals surface area contributed by atoms with Gasteiger partial charge in [0, 0.05) is 11.6 Å². The predicted molar refractivity (Wildman–Crippen MR) is 57.0 cm³/mol. The summed E-state index contributed by atoms with van der Waals surface area (Å²) in [5.74, 6) is 0. The largest absolute Gasteiger partial charge is 0.317 e. The molecule has 14 heavy (non-hydrogen) atoms. The molecule has 0 saturated carbocycles. The fourth-order valence-corrected chi connectivity index (χ4v) is 1.10. The Labute approximate surface area is 83.2 Å². The van der Waals surface area contributed by atoms with Gasteiger partial charge in [-0.1, -0.05) is 18.2 Å². The Hall–Kier alpha value is -1.48. The van der Waals surface area contributed by atoms with Crippen LogP contribution in [-0.4, -0.2) is 23.1 Å². The second-order valence-electron chi connectivity index (χ2n) is 3.19. The number of hydrogen-bond donors (Lipinski definition) is 1. The van der Waals surface area contributed by atoms with Gasteiger partial charge in [-0.2, -0.15) is 0 Å². The van der Waals surface area contributed by atoms with Gasteiger partial charge in [0.05, 0.1) is 5.52 Å². The Morgan fingerprint density at radius 1 is 1.14 bits per heavy atom. The third-order valence-electron chi connectivity index (χ3n) is 2.12. The summed E-state index contributed by atoms with van der Waals surface area (Å²) in [5, 5.41) is 4.20. The smallest absolute Gasteiger partial charge is 0.116 e. The van der Waals surface area contributed by atoms with Crippen molar-refractivity contribution in [3.63, 3.8) is 0 Å². The van der Waals surface area contributed by atoms with Crippen LogP contribution in [0.15, 0.2) is 36.8 Å². The van der Waals surface area contributed by atoms with Gasteiger partial charge in [-0.3, -0.25) is 0 Å². The van der Waals surface area contributed by atoms with Gasteiger partial charge in [0.2, 0.25) is 0 Å². The number of hydrogen-bond acceptors (Lipinski definition) is 3. The molecule has 3 heteroatoms. The Bertz CT molecular complexity index is 327. The summed E-state index contributed by atoms with van der Waals surface area (Å²) in [7, 11) is 0. The van der Waals surface area contributed by atoms with Crippen LogP contribution in [0.5, 0.6) is 0 Å². The number of rotatable bonds is 0. The zero-order chi connectivity index (χ0) is 9.64. The number of para-hydroxylation sites is 1. The van der Waals surface area contributed by atoms with E-state index in [0.717, 1.165) is 10.9 Å². The molecule has 0 bridgehead atoms. The molecule has 3 nitrogen and oxygen atoms in total. The fourth-order valence-electron chi connectivity index (χ4n) is 1.10. The van der Waals surface area contributed by atoms with Crippen molar-refractivity contribution in [1.29, 1.82) is 0 Å². The summed E-state index contributed by atoms with van der Waals surface area (Å²) in [5.41, 5.74) is 0.998. The molecule has 1 N–H and O–H groups in total. The molecular formula is C11H13N3. The molecule has 1 aromatic heterocycles. The second-order valence-corrected chi connectivity index (χ2v) is 3.19. The normalized spacial score (nSPS) is 14.0. The zero-order valence-corrected chi connectivity index (χ0v) is 7.98. The number of nitrogens with one attached hydrogen (secondary N) is 1. The molecule has 0 amide bonds. The van der Waals surface area contributed by atoms with Gasteiger partial charge >= 0.3 is 0 Å². The van der Waals surface area contributed by atoms with Crippen LogP contribution in [0.25, 0.3) is 10.9 Å². The molecule has 0 aliphatic carbocycles. The number of fused-ring (bicyclic) bond motifs is 1. The Kier molecular flexibility index (Phi) is 3.03. The molecule has 2 heterocycles. The average molecular weight is 187 g/mol. The van der Waals surface area contributed by atoms with Crippen molar-refractivity contribution in [3.8, 4) is 0 Å². The molecule has 1 aliphatic rings. The van der Waals surface area contributed by atoms with Crippen molar-refractivity contribution in [2.45, 2.75) is 6.42 Å². The third-order valence-corrected chi connectivity index (χ3v) is 2.12. The highest BCUT2D eigenvalue weighted by molar-refractivity contribution is 5.76. The van der Waals surface area contributed by atoms with Gasteiger partial charge in [0.15, 0.2) is 0 Å². The molecule has 0 unspecified atom stereocenters. The number of nitrogens with zero attached hydrogens (tertiary/aromatic N) is 2. The van der Waals surface area contributed by atoms with Crippen molar-refractivity contribution < 1.29 is 0 Å². The van der Waals surface area contributed by atoms with E-state index in [1.165, 1.54) is 19.5 Å². The minimum absolute atomic E-state index is 0.998. The van der Waals surface area contributed by atoms with Crippen molar-refractivity contribution in [1.82, 2.24) is 15.3 Å². The SMILES string of the molecule is C1CNC1.c1ccc2ncncc2c1. The van der Waals surface area contributed by atoms with Gasteiger partial charge in [-0.05, 0) is 25.6 Å². The maximum absolute atomic E-state index is 4.07. The summed E-state index contributed by atoms with van der Waals surface area (Å²) in [6.45, 7) is 2.50. The van der Waals surface area contributed by atoms with E-state index < -0.39 is 0 Å². The molecule has 1 fully saturated rings. The minimum Gasteiger partial charge on any atom is -0.317 e. The van der Waals surface area contributed by atoms with Crippen molar-refractivity contribution in [2.75, 3.05) is 13.1 Å². The van der Waals surface area contributed by atoms with Gasteiger partial charge in [0.25, 0.3) is 0 Å². The van der Waals surface area contributed by atoms with Crippen LogP contribution < -0.4 is 5.32 Å². The van der Waals surface area contributed by atoms with Gasteiger partial charge in [-0.25, -0.2) is 9.97 Å². The standard InChI is InChI=1S/C8H6N2.C3H7N/c1-2-4-8-7(3-1)5-9-6-10-8;1-2-4-3-1/h1-6H;4H,1-3H2. The Balaban J connectivity index is 0.000000157. The highest BCUT2D eigenvalue weighted by atomic mass is 14.9. The Morgan fingerprint density at radius 2 is 1.86 bits per heavy atom. The highest BCUT2D eigenvalue weighted by Crippen LogP contribution is 2.06. The number of benzene rings is 1. The van der Waals surface area contributed by atoms with E-state index in [0.29, 0.717) is 0 Å². The average Bonchev–Trinajstić information content (AvgIpc) is 2.16. The molecular weight excluding hydrogens is 174 g/mol. The fraction of sp³-hybridized carbons (Fsp3) is 0.273. The van der Waals surface area contributed by atoms with E-state index in [1.54, 1.807) is 6.33 Å². The molecule has 72 valence electrons. The third kappa shape index (κ3) is 2.26. The van der Waals surface area contributed by atoms with Crippen LogP contribution in [0.2, 0.25) is 0 Å². The van der Waals surface area contributed by atoms with Crippen molar-refractivity contribution in [2.24, 2.45) is 0 Å². The van der Waals surface area contributed by atoms with E-state index in [9.17, 15) is 0 Å². The van der Waals surface area contributed by atoms with Crippen LogP contribution in [0.4, 0.5) is 0 Å². The monoisotopic (exact) mass is 187 g/mol.